The van der Waals surface area contributed by atoms with Gasteiger partial charge in [0, 0.05) is 6.04 Å². The number of rotatable bonds is 4. The van der Waals surface area contributed by atoms with Crippen molar-refractivity contribution in [2.45, 2.75) is 26.3 Å². The number of alkyl halides is 2. The Bertz CT molecular complexity index is 138. The molecule has 0 aliphatic carbocycles. The smallest absolute Gasteiger partial charge is 0.251 e. The zero-order chi connectivity index (χ0) is 8.85. The van der Waals surface area contributed by atoms with Crippen LogP contribution in [0.2, 0.25) is 0 Å². The lowest BCUT2D eigenvalue weighted by Gasteiger charge is -2.23. The maximum Gasteiger partial charge on any atom is 0.251 e. The highest BCUT2D eigenvalue weighted by Crippen LogP contribution is 2.02. The Labute approximate surface area is 66.4 Å². The van der Waals surface area contributed by atoms with Gasteiger partial charge in [0.25, 0.3) is 6.43 Å². The third-order valence-corrected chi connectivity index (χ3v) is 1.40. The maximum absolute atomic E-state index is 11.9. The summed E-state index contributed by atoms with van der Waals surface area (Å²) in [5.41, 5.74) is 0. The van der Waals surface area contributed by atoms with Crippen LogP contribution in [0.4, 0.5) is 8.78 Å². The molecule has 1 nitrogen and oxygen atoms in total. The average Bonchev–Trinajstić information content (AvgIpc) is 1.86. The number of terminal acetylenes is 1. The summed E-state index contributed by atoms with van der Waals surface area (Å²) in [6.45, 7) is 3.75. The predicted molar refractivity (Wildman–Crippen MR) is 41.5 cm³/mol. The zero-order valence-electron chi connectivity index (χ0n) is 6.85. The Hall–Kier alpha value is -0.620. The summed E-state index contributed by atoms with van der Waals surface area (Å²) >= 11 is 0. The van der Waals surface area contributed by atoms with E-state index in [2.05, 4.69) is 5.92 Å². The Kier molecular flexibility index (Phi) is 4.80. The molecule has 0 aromatic heterocycles. The normalized spacial score (nSPS) is 11.1. The van der Waals surface area contributed by atoms with Crippen LogP contribution in [0.3, 0.4) is 0 Å². The van der Waals surface area contributed by atoms with E-state index in [1.807, 2.05) is 13.8 Å². The molecule has 0 N–H and O–H groups in total. The fraction of sp³-hybridized carbons (Fsp3) is 0.750. The summed E-state index contributed by atoms with van der Waals surface area (Å²) in [6.07, 6.45) is 2.71. The van der Waals surface area contributed by atoms with Crippen molar-refractivity contribution < 1.29 is 8.78 Å². The molecule has 0 aliphatic rings. The predicted octanol–water partition coefficient (Wildman–Crippen LogP) is 1.60. The second-order valence-electron chi connectivity index (χ2n) is 2.62. The highest BCUT2D eigenvalue weighted by molar-refractivity contribution is 4.89. The molecule has 0 unspecified atom stereocenters. The quantitative estimate of drug-likeness (QED) is 0.566. The van der Waals surface area contributed by atoms with Crippen LogP contribution >= 0.6 is 0 Å². The Morgan fingerprint density at radius 1 is 1.45 bits per heavy atom. The first-order valence-electron chi connectivity index (χ1n) is 3.53. The van der Waals surface area contributed by atoms with Crippen molar-refractivity contribution in [3.05, 3.63) is 0 Å². The first-order chi connectivity index (χ1) is 5.07. The van der Waals surface area contributed by atoms with Crippen molar-refractivity contribution in [2.24, 2.45) is 0 Å². The molecule has 0 rings (SSSR count). The van der Waals surface area contributed by atoms with E-state index in [4.69, 9.17) is 6.42 Å². The summed E-state index contributed by atoms with van der Waals surface area (Å²) in [6, 6.07) is 0.0834. The van der Waals surface area contributed by atoms with E-state index in [-0.39, 0.29) is 12.6 Å². The molecule has 0 radical (unpaired) electrons. The highest BCUT2D eigenvalue weighted by atomic mass is 19.3. The molecule has 0 saturated heterocycles. The summed E-state index contributed by atoms with van der Waals surface area (Å²) in [4.78, 5) is 1.56. The Morgan fingerprint density at radius 2 is 2.00 bits per heavy atom. The fourth-order valence-electron chi connectivity index (χ4n) is 0.752. The highest BCUT2D eigenvalue weighted by Gasteiger charge is 2.13. The lowest BCUT2D eigenvalue weighted by molar-refractivity contribution is 0.0809. The summed E-state index contributed by atoms with van der Waals surface area (Å²) in [5.74, 6) is 2.35. The number of halogens is 2. The minimum atomic E-state index is -2.30. The average molecular weight is 161 g/mol. The van der Waals surface area contributed by atoms with Crippen LogP contribution in [0.25, 0.3) is 0 Å². The van der Waals surface area contributed by atoms with E-state index < -0.39 is 6.43 Å². The second kappa shape index (κ2) is 5.09. The van der Waals surface area contributed by atoms with Crippen molar-refractivity contribution in [3.63, 3.8) is 0 Å². The van der Waals surface area contributed by atoms with Gasteiger partial charge in [-0.25, -0.2) is 8.78 Å². The van der Waals surface area contributed by atoms with Gasteiger partial charge in [-0.15, -0.1) is 6.42 Å². The van der Waals surface area contributed by atoms with Gasteiger partial charge in [-0.2, -0.15) is 0 Å². The lowest BCUT2D eigenvalue weighted by atomic mass is 10.3. The van der Waals surface area contributed by atoms with E-state index in [1.54, 1.807) is 4.90 Å². The van der Waals surface area contributed by atoms with Gasteiger partial charge in [-0.05, 0) is 13.8 Å². The van der Waals surface area contributed by atoms with Gasteiger partial charge in [0.15, 0.2) is 0 Å². The van der Waals surface area contributed by atoms with Crippen LogP contribution in [-0.4, -0.2) is 30.5 Å². The van der Waals surface area contributed by atoms with E-state index in [0.717, 1.165) is 0 Å². The summed E-state index contributed by atoms with van der Waals surface area (Å²) in [7, 11) is 0. The number of hydrogen-bond acceptors (Lipinski definition) is 1. The Morgan fingerprint density at radius 3 is 2.27 bits per heavy atom. The van der Waals surface area contributed by atoms with Gasteiger partial charge in [0.2, 0.25) is 0 Å². The molecule has 0 heterocycles. The van der Waals surface area contributed by atoms with Crippen molar-refractivity contribution in [2.75, 3.05) is 13.1 Å². The second-order valence-corrected chi connectivity index (χ2v) is 2.62. The molecule has 0 saturated carbocycles. The van der Waals surface area contributed by atoms with E-state index in [1.165, 1.54) is 0 Å². The van der Waals surface area contributed by atoms with Crippen molar-refractivity contribution in [1.29, 1.82) is 0 Å². The summed E-state index contributed by atoms with van der Waals surface area (Å²) < 4.78 is 23.7. The maximum atomic E-state index is 11.9. The molecule has 3 heteroatoms. The third-order valence-electron chi connectivity index (χ3n) is 1.40. The molecule has 0 spiro atoms. The van der Waals surface area contributed by atoms with Gasteiger partial charge < -0.3 is 0 Å². The molecule has 11 heavy (non-hydrogen) atoms. The van der Waals surface area contributed by atoms with Crippen LogP contribution in [0, 0.1) is 12.3 Å². The molecule has 0 fully saturated rings. The molecule has 64 valence electrons. The van der Waals surface area contributed by atoms with Gasteiger partial charge in [-0.3, -0.25) is 4.90 Å². The number of nitrogens with zero attached hydrogens (tertiary/aromatic N) is 1. The SMILES string of the molecule is C#CCN(CC(F)F)C(C)C. The van der Waals surface area contributed by atoms with Crippen molar-refractivity contribution >= 4 is 0 Å². The largest absolute Gasteiger partial charge is 0.284 e. The molecule has 0 atom stereocenters. The van der Waals surface area contributed by atoms with E-state index in [0.29, 0.717) is 6.54 Å². The monoisotopic (exact) mass is 161 g/mol. The van der Waals surface area contributed by atoms with Crippen molar-refractivity contribution in [1.82, 2.24) is 4.90 Å². The first kappa shape index (κ1) is 10.4. The molecule has 0 aromatic carbocycles. The molecular formula is C8H13F2N. The van der Waals surface area contributed by atoms with Crippen molar-refractivity contribution in [3.8, 4) is 12.3 Å². The van der Waals surface area contributed by atoms with E-state index >= 15 is 0 Å². The third kappa shape index (κ3) is 4.74. The minimum Gasteiger partial charge on any atom is -0.284 e. The van der Waals surface area contributed by atoms with Gasteiger partial charge in [-0.1, -0.05) is 5.92 Å². The van der Waals surface area contributed by atoms with Gasteiger partial charge >= 0.3 is 0 Å². The lowest BCUT2D eigenvalue weighted by Crippen LogP contribution is -2.35. The van der Waals surface area contributed by atoms with Crippen LogP contribution in [-0.2, 0) is 0 Å². The molecule has 0 amide bonds. The van der Waals surface area contributed by atoms with Crippen LogP contribution in [0.1, 0.15) is 13.8 Å². The van der Waals surface area contributed by atoms with Crippen LogP contribution < -0.4 is 0 Å². The molecule has 0 aliphatic heterocycles. The number of hydrogen-bond donors (Lipinski definition) is 0. The van der Waals surface area contributed by atoms with Crippen LogP contribution in [0.15, 0.2) is 0 Å². The van der Waals surface area contributed by atoms with Crippen LogP contribution in [0.5, 0.6) is 0 Å². The topological polar surface area (TPSA) is 3.24 Å². The standard InChI is InChI=1S/C8H13F2N/c1-4-5-11(7(2)3)6-8(9)10/h1,7-8H,5-6H2,2-3H3. The molecule has 0 aromatic rings. The van der Waals surface area contributed by atoms with Gasteiger partial charge in [0.05, 0.1) is 13.1 Å². The fourth-order valence-corrected chi connectivity index (χ4v) is 0.752. The zero-order valence-corrected chi connectivity index (χ0v) is 6.85. The summed E-state index contributed by atoms with van der Waals surface area (Å²) in [5, 5.41) is 0. The van der Waals surface area contributed by atoms with E-state index in [9.17, 15) is 8.78 Å². The minimum absolute atomic E-state index is 0.0834. The Balaban J connectivity index is 3.81. The first-order valence-corrected chi connectivity index (χ1v) is 3.53. The molecule has 0 bridgehead atoms. The molecular weight excluding hydrogens is 148 g/mol. The van der Waals surface area contributed by atoms with Gasteiger partial charge in [0.1, 0.15) is 0 Å².